The maximum atomic E-state index is 13.4. The normalized spacial score (nSPS) is 12.3. The molecule has 6 heteroatoms. The lowest BCUT2D eigenvalue weighted by Crippen LogP contribution is -2.34. The minimum absolute atomic E-state index is 0.355. The number of hydrogen-bond acceptors (Lipinski definition) is 4. The van der Waals surface area contributed by atoms with Gasteiger partial charge in [-0.25, -0.2) is 9.18 Å². The van der Waals surface area contributed by atoms with Crippen molar-refractivity contribution in [2.45, 2.75) is 51.7 Å². The van der Waals surface area contributed by atoms with Crippen LogP contribution in [0.25, 0.3) is 0 Å². The summed E-state index contributed by atoms with van der Waals surface area (Å²) in [6.45, 7) is 6.04. The molecule has 0 fully saturated rings. The monoisotopic (exact) mass is 403 g/mol. The molecule has 2 rings (SSSR count). The van der Waals surface area contributed by atoms with Crippen molar-refractivity contribution in [3.63, 3.8) is 0 Å². The van der Waals surface area contributed by atoms with Gasteiger partial charge in [-0.15, -0.1) is 0 Å². The van der Waals surface area contributed by atoms with Crippen LogP contribution in [0.4, 0.5) is 9.18 Å². The molecule has 0 heterocycles. The van der Waals surface area contributed by atoms with Gasteiger partial charge in [0.05, 0.1) is 6.10 Å². The number of carbonyl (C=O) groups excluding carboxylic acids is 1. The first-order valence-corrected chi connectivity index (χ1v) is 9.80. The predicted octanol–water partition coefficient (Wildman–Crippen LogP) is 5.69. The van der Waals surface area contributed by atoms with Crippen LogP contribution >= 0.6 is 0 Å². The molecule has 0 bridgehead atoms. The van der Waals surface area contributed by atoms with Gasteiger partial charge in [0, 0.05) is 25.2 Å². The molecule has 158 valence electrons. The number of rotatable bonds is 8. The fraction of sp³-hybridized carbons (Fsp3) is 0.435. The Hall–Kier alpha value is -2.60. The number of aliphatic hydroxyl groups is 1. The largest absolute Gasteiger partial charge is 0.457 e. The summed E-state index contributed by atoms with van der Waals surface area (Å²) in [6, 6.07) is 13.1. The third-order valence-electron chi connectivity index (χ3n) is 4.23. The lowest BCUT2D eigenvalue weighted by atomic mass is 10.0. The highest BCUT2D eigenvalue weighted by atomic mass is 19.1. The number of aliphatic hydroxyl groups excluding tert-OH is 1. The number of para-hydroxylation sites is 1. The number of halogens is 1. The van der Waals surface area contributed by atoms with Gasteiger partial charge in [0.15, 0.2) is 0 Å². The zero-order valence-corrected chi connectivity index (χ0v) is 17.5. The standard InChI is InChI=1S/C23H30FNO4/c1-23(2,3)29-22(27)25(4)15-8-7-13-20(26)19-12-5-6-14-21(19)28-18-11-9-10-17(24)16-18/h5-6,9-12,14,16,20,26H,7-8,13,15H2,1-4H3. The number of ether oxygens (including phenoxy) is 2. The lowest BCUT2D eigenvalue weighted by Gasteiger charge is -2.24. The summed E-state index contributed by atoms with van der Waals surface area (Å²) in [5.74, 6) is 0.495. The zero-order valence-electron chi connectivity index (χ0n) is 17.5. The van der Waals surface area contributed by atoms with Crippen LogP contribution in [-0.2, 0) is 4.74 Å². The maximum absolute atomic E-state index is 13.4. The van der Waals surface area contributed by atoms with Crippen molar-refractivity contribution in [3.05, 3.63) is 59.9 Å². The summed E-state index contributed by atoms with van der Waals surface area (Å²) in [7, 11) is 1.70. The van der Waals surface area contributed by atoms with Crippen molar-refractivity contribution >= 4 is 6.09 Å². The Morgan fingerprint density at radius 1 is 1.14 bits per heavy atom. The van der Waals surface area contributed by atoms with E-state index in [2.05, 4.69) is 0 Å². The van der Waals surface area contributed by atoms with Crippen LogP contribution in [0.3, 0.4) is 0 Å². The molecule has 0 aliphatic carbocycles. The number of carbonyl (C=O) groups is 1. The Labute approximate surface area is 172 Å². The van der Waals surface area contributed by atoms with Gasteiger partial charge in [-0.2, -0.15) is 0 Å². The predicted molar refractivity (Wildman–Crippen MR) is 111 cm³/mol. The summed E-state index contributed by atoms with van der Waals surface area (Å²) in [4.78, 5) is 13.5. The first kappa shape index (κ1) is 22.7. The second-order valence-corrected chi connectivity index (χ2v) is 8.01. The van der Waals surface area contributed by atoms with Gasteiger partial charge in [-0.1, -0.05) is 24.3 Å². The molecule has 1 atom stereocenters. The molecule has 1 N–H and O–H groups in total. The molecule has 1 unspecified atom stereocenters. The highest BCUT2D eigenvalue weighted by Crippen LogP contribution is 2.32. The molecular weight excluding hydrogens is 373 g/mol. The molecule has 0 spiro atoms. The molecule has 29 heavy (non-hydrogen) atoms. The first-order chi connectivity index (χ1) is 13.7. The zero-order chi connectivity index (χ0) is 21.4. The molecule has 0 aromatic heterocycles. The molecule has 2 aromatic carbocycles. The van der Waals surface area contributed by atoms with E-state index in [0.717, 1.165) is 12.8 Å². The van der Waals surface area contributed by atoms with Crippen molar-refractivity contribution < 1.29 is 23.8 Å². The lowest BCUT2D eigenvalue weighted by molar-refractivity contribution is 0.0295. The highest BCUT2D eigenvalue weighted by molar-refractivity contribution is 5.67. The topological polar surface area (TPSA) is 59.0 Å². The average Bonchev–Trinajstić information content (AvgIpc) is 2.64. The summed E-state index contributed by atoms with van der Waals surface area (Å²) in [5, 5.41) is 10.6. The van der Waals surface area contributed by atoms with E-state index in [1.54, 1.807) is 42.3 Å². The van der Waals surface area contributed by atoms with Crippen LogP contribution in [0, 0.1) is 5.82 Å². The smallest absolute Gasteiger partial charge is 0.410 e. The quantitative estimate of drug-likeness (QED) is 0.575. The van der Waals surface area contributed by atoms with Gasteiger partial charge in [0.1, 0.15) is 22.9 Å². The fourth-order valence-corrected chi connectivity index (χ4v) is 2.78. The van der Waals surface area contributed by atoms with Gasteiger partial charge in [-0.05, 0) is 58.2 Å². The Bertz CT molecular complexity index is 803. The maximum Gasteiger partial charge on any atom is 0.410 e. The second-order valence-electron chi connectivity index (χ2n) is 8.01. The Morgan fingerprint density at radius 2 is 1.86 bits per heavy atom. The molecule has 0 saturated carbocycles. The third kappa shape index (κ3) is 7.74. The minimum Gasteiger partial charge on any atom is -0.457 e. The number of hydrogen-bond donors (Lipinski definition) is 1. The van der Waals surface area contributed by atoms with Gasteiger partial charge in [0.25, 0.3) is 0 Å². The van der Waals surface area contributed by atoms with E-state index >= 15 is 0 Å². The molecule has 0 radical (unpaired) electrons. The Kier molecular flexibility index (Phi) is 8.02. The number of unbranched alkanes of at least 4 members (excludes halogenated alkanes) is 1. The van der Waals surface area contributed by atoms with Crippen LogP contribution in [-0.4, -0.2) is 35.3 Å². The van der Waals surface area contributed by atoms with Crippen molar-refractivity contribution in [2.75, 3.05) is 13.6 Å². The van der Waals surface area contributed by atoms with Gasteiger partial charge >= 0.3 is 6.09 Å². The van der Waals surface area contributed by atoms with E-state index < -0.39 is 11.7 Å². The van der Waals surface area contributed by atoms with Crippen LogP contribution in [0.1, 0.15) is 51.7 Å². The molecule has 0 aliphatic heterocycles. The minimum atomic E-state index is -0.716. The molecule has 0 aliphatic rings. The van der Waals surface area contributed by atoms with Crippen molar-refractivity contribution in [1.82, 2.24) is 4.90 Å². The molecule has 1 amide bonds. The first-order valence-electron chi connectivity index (χ1n) is 9.80. The van der Waals surface area contributed by atoms with E-state index in [1.165, 1.54) is 12.1 Å². The average molecular weight is 403 g/mol. The van der Waals surface area contributed by atoms with Crippen LogP contribution in [0.2, 0.25) is 0 Å². The number of amides is 1. The summed E-state index contributed by atoms with van der Waals surface area (Å²) in [6.07, 6.45) is 0.909. The summed E-state index contributed by atoms with van der Waals surface area (Å²) >= 11 is 0. The Balaban J connectivity index is 1.86. The van der Waals surface area contributed by atoms with Crippen molar-refractivity contribution in [3.8, 4) is 11.5 Å². The number of nitrogens with zero attached hydrogens (tertiary/aromatic N) is 1. The van der Waals surface area contributed by atoms with Crippen LogP contribution in [0.5, 0.6) is 11.5 Å². The molecule has 0 saturated heterocycles. The summed E-state index contributed by atoms with van der Waals surface area (Å²) < 4.78 is 24.5. The van der Waals surface area contributed by atoms with Gasteiger partial charge < -0.3 is 19.5 Å². The highest BCUT2D eigenvalue weighted by Gasteiger charge is 2.19. The van der Waals surface area contributed by atoms with Gasteiger partial charge in [-0.3, -0.25) is 0 Å². The fourth-order valence-electron chi connectivity index (χ4n) is 2.78. The van der Waals surface area contributed by atoms with E-state index in [4.69, 9.17) is 9.47 Å². The van der Waals surface area contributed by atoms with E-state index in [-0.39, 0.29) is 11.9 Å². The van der Waals surface area contributed by atoms with Crippen LogP contribution < -0.4 is 4.74 Å². The molecule has 2 aromatic rings. The van der Waals surface area contributed by atoms with E-state index in [0.29, 0.717) is 30.0 Å². The third-order valence-corrected chi connectivity index (χ3v) is 4.23. The van der Waals surface area contributed by atoms with E-state index in [9.17, 15) is 14.3 Å². The Morgan fingerprint density at radius 3 is 2.55 bits per heavy atom. The second kappa shape index (κ2) is 10.3. The molecule has 5 nitrogen and oxygen atoms in total. The SMILES string of the molecule is CN(CCCCC(O)c1ccccc1Oc1cccc(F)c1)C(=O)OC(C)(C)C. The summed E-state index contributed by atoms with van der Waals surface area (Å²) in [5.41, 5.74) is 0.129. The van der Waals surface area contributed by atoms with Gasteiger partial charge in [0.2, 0.25) is 0 Å². The molecular formula is C23H30FNO4. The van der Waals surface area contributed by atoms with Crippen LogP contribution in [0.15, 0.2) is 48.5 Å². The number of benzene rings is 2. The van der Waals surface area contributed by atoms with Crippen molar-refractivity contribution in [1.29, 1.82) is 0 Å². The van der Waals surface area contributed by atoms with Crippen molar-refractivity contribution in [2.24, 2.45) is 0 Å². The van der Waals surface area contributed by atoms with E-state index in [1.807, 2.05) is 26.8 Å².